The summed E-state index contributed by atoms with van der Waals surface area (Å²) in [6.07, 6.45) is 0.754. The second-order valence-corrected chi connectivity index (χ2v) is 12.7. The maximum absolute atomic E-state index is 13.4. The molecule has 3 aromatic carbocycles. The van der Waals surface area contributed by atoms with Gasteiger partial charge in [0, 0.05) is 67.2 Å². The molecule has 2 N–H and O–H groups in total. The van der Waals surface area contributed by atoms with Crippen molar-refractivity contribution in [3.63, 3.8) is 0 Å². The van der Waals surface area contributed by atoms with Crippen molar-refractivity contribution in [3.05, 3.63) is 77.4 Å². The molecule has 0 saturated carbocycles. The van der Waals surface area contributed by atoms with Crippen molar-refractivity contribution < 1.29 is 33.3 Å². The Morgan fingerprint density at radius 3 is 2.23 bits per heavy atom. The normalized spacial score (nSPS) is 15.5. The highest BCUT2D eigenvalue weighted by molar-refractivity contribution is 6.07. The molecule has 11 heteroatoms. The van der Waals surface area contributed by atoms with Crippen molar-refractivity contribution in [2.45, 2.75) is 52.2 Å². The van der Waals surface area contributed by atoms with Gasteiger partial charge in [0.25, 0.3) is 11.8 Å². The predicted octanol–water partition coefficient (Wildman–Crippen LogP) is 6.12. The van der Waals surface area contributed by atoms with Gasteiger partial charge in [-0.3, -0.25) is 9.59 Å². The van der Waals surface area contributed by atoms with Crippen LogP contribution < -0.4 is 25.0 Å². The van der Waals surface area contributed by atoms with Crippen LogP contribution in [0.4, 0.5) is 21.9 Å². The summed E-state index contributed by atoms with van der Waals surface area (Å²) in [6, 6.07) is 18.0. The van der Waals surface area contributed by atoms with Crippen molar-refractivity contribution in [3.8, 4) is 11.5 Å². The van der Waals surface area contributed by atoms with Crippen LogP contribution in [0.5, 0.6) is 11.5 Å². The van der Waals surface area contributed by atoms with Crippen LogP contribution in [0.3, 0.4) is 0 Å². The third kappa shape index (κ3) is 8.94. The molecule has 5 rings (SSSR count). The third-order valence-electron chi connectivity index (χ3n) is 8.04. The Kier molecular flexibility index (Phi) is 10.6. The standard InChI is InChI=1S/C36H44N4O7/c1-24-9-11-27(37-33(41)25-7-6-8-28(21-25)39-17-19-45-20-18-39)23-30(24)38-34(42)26-10-12-31(44-5)32(22-26)46-29-13-15-40(16-14-29)35(43)47-36(2,3)4/h6-12,21-23,29H,13-20H2,1-5H3,(H,37,41)(H,38,42). The summed E-state index contributed by atoms with van der Waals surface area (Å²) < 4.78 is 22.7. The van der Waals surface area contributed by atoms with Crippen LogP contribution >= 0.6 is 0 Å². The third-order valence-corrected chi connectivity index (χ3v) is 8.04. The Morgan fingerprint density at radius 2 is 1.53 bits per heavy atom. The molecule has 0 radical (unpaired) electrons. The number of carbonyl (C=O) groups excluding carboxylic acids is 3. The first kappa shape index (κ1) is 33.6. The minimum Gasteiger partial charge on any atom is -0.493 e. The molecule has 2 aliphatic rings. The van der Waals surface area contributed by atoms with Gasteiger partial charge in [-0.2, -0.15) is 0 Å². The molecule has 0 aliphatic carbocycles. The zero-order chi connectivity index (χ0) is 33.6. The topological polar surface area (TPSA) is 119 Å². The zero-order valence-electron chi connectivity index (χ0n) is 27.8. The molecule has 0 bridgehead atoms. The van der Waals surface area contributed by atoms with Gasteiger partial charge in [-0.15, -0.1) is 0 Å². The average molecular weight is 645 g/mol. The number of amides is 3. The van der Waals surface area contributed by atoms with E-state index in [1.54, 1.807) is 42.3 Å². The van der Waals surface area contributed by atoms with Gasteiger partial charge in [0.1, 0.15) is 11.7 Å². The first-order chi connectivity index (χ1) is 22.5. The van der Waals surface area contributed by atoms with E-state index in [-0.39, 0.29) is 24.0 Å². The number of benzene rings is 3. The smallest absolute Gasteiger partial charge is 0.410 e. The maximum Gasteiger partial charge on any atom is 0.410 e. The van der Waals surface area contributed by atoms with Gasteiger partial charge in [-0.1, -0.05) is 12.1 Å². The van der Waals surface area contributed by atoms with Crippen molar-refractivity contribution >= 4 is 35.0 Å². The van der Waals surface area contributed by atoms with Gasteiger partial charge in [0.15, 0.2) is 11.5 Å². The monoisotopic (exact) mass is 644 g/mol. The summed E-state index contributed by atoms with van der Waals surface area (Å²) >= 11 is 0. The number of methoxy groups -OCH3 is 1. The molecule has 0 unspecified atom stereocenters. The number of morpholine rings is 1. The average Bonchev–Trinajstić information content (AvgIpc) is 3.06. The number of piperidine rings is 1. The predicted molar refractivity (Wildman–Crippen MR) is 181 cm³/mol. The highest BCUT2D eigenvalue weighted by Gasteiger charge is 2.28. The van der Waals surface area contributed by atoms with E-state index in [1.165, 1.54) is 0 Å². The maximum atomic E-state index is 13.4. The van der Waals surface area contributed by atoms with Crippen molar-refractivity contribution in [2.75, 3.05) is 62.0 Å². The van der Waals surface area contributed by atoms with Crippen LogP contribution in [0.15, 0.2) is 60.7 Å². The van der Waals surface area contributed by atoms with Crippen LogP contribution in [0, 0.1) is 6.92 Å². The van der Waals surface area contributed by atoms with Gasteiger partial charge < -0.3 is 39.4 Å². The minimum atomic E-state index is -0.553. The largest absolute Gasteiger partial charge is 0.493 e. The Morgan fingerprint density at radius 1 is 0.830 bits per heavy atom. The zero-order valence-corrected chi connectivity index (χ0v) is 27.8. The Hall–Kier alpha value is -4.77. The number of nitrogens with zero attached hydrogens (tertiary/aromatic N) is 2. The first-order valence-electron chi connectivity index (χ1n) is 16.0. The molecular weight excluding hydrogens is 600 g/mol. The van der Waals surface area contributed by atoms with Gasteiger partial charge >= 0.3 is 6.09 Å². The lowest BCUT2D eigenvalue weighted by Crippen LogP contribution is -2.44. The van der Waals surface area contributed by atoms with Crippen LogP contribution in [-0.4, -0.2) is 81.0 Å². The van der Waals surface area contributed by atoms with Crippen LogP contribution in [0.2, 0.25) is 0 Å². The molecule has 0 aromatic heterocycles. The van der Waals surface area contributed by atoms with Crippen molar-refractivity contribution in [1.29, 1.82) is 0 Å². The first-order valence-corrected chi connectivity index (χ1v) is 16.0. The van der Waals surface area contributed by atoms with Crippen LogP contribution in [0.1, 0.15) is 59.9 Å². The lowest BCUT2D eigenvalue weighted by Gasteiger charge is -2.33. The number of hydrogen-bond acceptors (Lipinski definition) is 8. The molecule has 2 aliphatic heterocycles. The molecule has 47 heavy (non-hydrogen) atoms. The summed E-state index contributed by atoms with van der Waals surface area (Å²) in [5.74, 6) is 0.389. The summed E-state index contributed by atoms with van der Waals surface area (Å²) in [6.45, 7) is 11.3. The van der Waals surface area contributed by atoms with Gasteiger partial charge in [0.2, 0.25) is 0 Å². The quantitative estimate of drug-likeness (QED) is 0.301. The van der Waals surface area contributed by atoms with Gasteiger partial charge in [-0.05, 0) is 81.8 Å². The van der Waals surface area contributed by atoms with E-state index >= 15 is 0 Å². The SMILES string of the molecule is COc1ccc(C(=O)Nc2cc(NC(=O)c3cccc(N4CCOCC4)c3)ccc2C)cc1OC1CCN(C(=O)OC(C)(C)C)CC1. The summed E-state index contributed by atoms with van der Waals surface area (Å²) in [4.78, 5) is 42.9. The molecule has 0 atom stereocenters. The van der Waals surface area contributed by atoms with E-state index in [2.05, 4.69) is 15.5 Å². The lowest BCUT2D eigenvalue weighted by atomic mass is 10.1. The number of nitrogens with one attached hydrogen (secondary N) is 2. The highest BCUT2D eigenvalue weighted by Crippen LogP contribution is 2.32. The molecule has 2 fully saturated rings. The van der Waals surface area contributed by atoms with E-state index in [0.29, 0.717) is 73.1 Å². The molecule has 0 spiro atoms. The fraction of sp³-hybridized carbons (Fsp3) is 0.417. The molecule has 2 heterocycles. The van der Waals surface area contributed by atoms with E-state index in [9.17, 15) is 14.4 Å². The molecule has 3 amide bonds. The molecule has 3 aromatic rings. The lowest BCUT2D eigenvalue weighted by molar-refractivity contribution is 0.0124. The Labute approximate surface area is 276 Å². The molecule has 250 valence electrons. The molecule has 2 saturated heterocycles. The van der Waals surface area contributed by atoms with Crippen LogP contribution in [0.25, 0.3) is 0 Å². The van der Waals surface area contributed by atoms with Crippen molar-refractivity contribution in [1.82, 2.24) is 4.90 Å². The van der Waals surface area contributed by atoms with E-state index < -0.39 is 5.60 Å². The second-order valence-electron chi connectivity index (χ2n) is 12.7. The molecule has 11 nitrogen and oxygen atoms in total. The number of ether oxygens (including phenoxy) is 4. The number of carbonyl (C=O) groups is 3. The summed E-state index contributed by atoms with van der Waals surface area (Å²) in [5, 5.41) is 5.93. The Bertz CT molecular complexity index is 1590. The van der Waals surface area contributed by atoms with Crippen molar-refractivity contribution in [2.24, 2.45) is 0 Å². The van der Waals surface area contributed by atoms with Gasteiger partial charge in [-0.25, -0.2) is 4.79 Å². The van der Waals surface area contributed by atoms with E-state index in [4.69, 9.17) is 18.9 Å². The minimum absolute atomic E-state index is 0.155. The second kappa shape index (κ2) is 14.8. The fourth-order valence-corrected chi connectivity index (χ4v) is 5.47. The molecular formula is C36H44N4O7. The summed E-state index contributed by atoms with van der Waals surface area (Å²) in [5.41, 5.74) is 3.33. The number of likely N-dealkylation sites (tertiary alicyclic amines) is 1. The fourth-order valence-electron chi connectivity index (χ4n) is 5.47. The summed E-state index contributed by atoms with van der Waals surface area (Å²) in [7, 11) is 1.55. The van der Waals surface area contributed by atoms with E-state index in [0.717, 1.165) is 24.3 Å². The number of anilines is 3. The number of rotatable bonds is 8. The van der Waals surface area contributed by atoms with Crippen LogP contribution in [-0.2, 0) is 9.47 Å². The highest BCUT2D eigenvalue weighted by atomic mass is 16.6. The Balaban J connectivity index is 1.22. The number of hydrogen-bond donors (Lipinski definition) is 2. The van der Waals surface area contributed by atoms with Gasteiger partial charge in [0.05, 0.1) is 20.3 Å². The van der Waals surface area contributed by atoms with E-state index in [1.807, 2.05) is 58.0 Å². The number of aryl methyl sites for hydroxylation is 1.